The monoisotopic (exact) mass is 290 g/mol. The molecule has 0 saturated heterocycles. The molecule has 2 aromatic carbocycles. The van der Waals surface area contributed by atoms with Crippen LogP contribution in [0.2, 0.25) is 0 Å². The van der Waals surface area contributed by atoms with Crippen molar-refractivity contribution in [3.8, 4) is 0 Å². The zero-order valence-electron chi connectivity index (χ0n) is 11.4. The van der Waals surface area contributed by atoms with Crippen LogP contribution in [0, 0.1) is 11.6 Å². The number of rotatable bonds is 6. The Morgan fingerprint density at radius 3 is 2.43 bits per heavy atom. The van der Waals surface area contributed by atoms with Gasteiger partial charge in [-0.05, 0) is 42.8 Å². The zero-order valence-corrected chi connectivity index (χ0v) is 11.4. The molecule has 0 spiro atoms. The van der Waals surface area contributed by atoms with Crippen molar-refractivity contribution in [1.82, 2.24) is 5.32 Å². The Hall–Kier alpha value is -2.27. The summed E-state index contributed by atoms with van der Waals surface area (Å²) in [5.41, 5.74) is 6.63. The summed E-state index contributed by atoms with van der Waals surface area (Å²) in [6, 6.07) is 10.8. The quantitative estimate of drug-likeness (QED) is 0.803. The van der Waals surface area contributed by atoms with Gasteiger partial charge in [-0.15, -0.1) is 0 Å². The maximum absolute atomic E-state index is 13.4. The number of amides is 1. The van der Waals surface area contributed by atoms with E-state index in [1.54, 1.807) is 18.2 Å². The van der Waals surface area contributed by atoms with Crippen molar-refractivity contribution in [3.05, 3.63) is 70.8 Å². The van der Waals surface area contributed by atoms with Crippen molar-refractivity contribution in [2.24, 2.45) is 5.73 Å². The van der Waals surface area contributed by atoms with Crippen LogP contribution < -0.4 is 11.1 Å². The molecule has 110 valence electrons. The Bertz CT molecular complexity index is 624. The lowest BCUT2D eigenvalue weighted by Crippen LogP contribution is -2.19. The molecule has 2 aromatic rings. The van der Waals surface area contributed by atoms with E-state index >= 15 is 0 Å². The van der Waals surface area contributed by atoms with E-state index in [1.165, 1.54) is 18.2 Å². The van der Waals surface area contributed by atoms with Crippen molar-refractivity contribution in [2.75, 3.05) is 6.54 Å². The van der Waals surface area contributed by atoms with E-state index in [9.17, 15) is 13.6 Å². The molecule has 21 heavy (non-hydrogen) atoms. The van der Waals surface area contributed by atoms with Crippen LogP contribution in [0.15, 0.2) is 42.5 Å². The normalized spacial score (nSPS) is 10.6. The van der Waals surface area contributed by atoms with Gasteiger partial charge in [-0.25, -0.2) is 8.78 Å². The molecule has 2 rings (SSSR count). The Balaban J connectivity index is 1.88. The Morgan fingerprint density at radius 2 is 1.76 bits per heavy atom. The predicted octanol–water partition coefficient (Wildman–Crippen LogP) is 2.40. The fraction of sp³-hybridized carbons (Fsp3) is 0.188. The van der Waals surface area contributed by atoms with E-state index in [1.807, 2.05) is 6.07 Å². The van der Waals surface area contributed by atoms with Gasteiger partial charge in [0.05, 0.1) is 0 Å². The minimum absolute atomic E-state index is 0.0309. The summed E-state index contributed by atoms with van der Waals surface area (Å²) in [4.78, 5) is 11.1. The average Bonchev–Trinajstić information content (AvgIpc) is 2.46. The minimum atomic E-state index is -0.557. The molecule has 1 amide bonds. The molecule has 0 fully saturated rings. The highest BCUT2D eigenvalue weighted by Gasteiger charge is 2.07. The van der Waals surface area contributed by atoms with Crippen LogP contribution >= 0.6 is 0 Å². The molecular weight excluding hydrogens is 274 g/mol. The molecule has 0 aliphatic heterocycles. The standard InChI is InChI=1S/C16H16F2N2O/c17-14-5-2-6-15(18)13(14)10-20-8-7-11-3-1-4-12(9-11)16(19)21/h1-6,9,20H,7-8,10H2,(H2,19,21). The fourth-order valence-electron chi connectivity index (χ4n) is 2.03. The first-order chi connectivity index (χ1) is 10.1. The molecule has 0 unspecified atom stereocenters. The number of halogens is 2. The predicted molar refractivity (Wildman–Crippen MR) is 76.7 cm³/mol. The molecule has 0 aromatic heterocycles. The lowest BCUT2D eigenvalue weighted by Gasteiger charge is -2.07. The number of primary amides is 1. The molecular formula is C16H16F2N2O. The van der Waals surface area contributed by atoms with Gasteiger partial charge in [-0.2, -0.15) is 0 Å². The smallest absolute Gasteiger partial charge is 0.248 e. The van der Waals surface area contributed by atoms with Crippen LogP contribution in [-0.2, 0) is 13.0 Å². The number of nitrogens with one attached hydrogen (secondary N) is 1. The fourth-order valence-corrected chi connectivity index (χ4v) is 2.03. The molecule has 0 aliphatic rings. The first kappa shape index (κ1) is 15.1. The first-order valence-corrected chi connectivity index (χ1v) is 6.60. The number of carbonyl (C=O) groups is 1. The first-order valence-electron chi connectivity index (χ1n) is 6.60. The molecule has 0 atom stereocenters. The molecule has 3 nitrogen and oxygen atoms in total. The van der Waals surface area contributed by atoms with Gasteiger partial charge in [0, 0.05) is 17.7 Å². The SMILES string of the molecule is NC(=O)c1cccc(CCNCc2c(F)cccc2F)c1. The third-order valence-corrected chi connectivity index (χ3v) is 3.17. The maximum Gasteiger partial charge on any atom is 0.248 e. The van der Waals surface area contributed by atoms with Crippen LogP contribution in [0.1, 0.15) is 21.5 Å². The highest BCUT2D eigenvalue weighted by atomic mass is 19.1. The summed E-state index contributed by atoms with van der Waals surface area (Å²) in [5.74, 6) is -1.59. The summed E-state index contributed by atoms with van der Waals surface area (Å²) >= 11 is 0. The van der Waals surface area contributed by atoms with Crippen LogP contribution in [0.25, 0.3) is 0 Å². The highest BCUT2D eigenvalue weighted by molar-refractivity contribution is 5.92. The molecule has 0 saturated carbocycles. The molecule has 0 aliphatic carbocycles. The van der Waals surface area contributed by atoms with Crippen molar-refractivity contribution >= 4 is 5.91 Å². The van der Waals surface area contributed by atoms with E-state index in [4.69, 9.17) is 5.73 Å². The second-order valence-corrected chi connectivity index (χ2v) is 4.69. The molecule has 5 heteroatoms. The van der Waals surface area contributed by atoms with Gasteiger partial charge in [0.1, 0.15) is 11.6 Å². The number of hydrogen-bond donors (Lipinski definition) is 2. The summed E-state index contributed by atoms with van der Waals surface area (Å²) < 4.78 is 26.8. The van der Waals surface area contributed by atoms with Gasteiger partial charge in [-0.1, -0.05) is 18.2 Å². The largest absolute Gasteiger partial charge is 0.366 e. The van der Waals surface area contributed by atoms with Gasteiger partial charge < -0.3 is 11.1 Å². The van der Waals surface area contributed by atoms with E-state index in [0.29, 0.717) is 18.5 Å². The van der Waals surface area contributed by atoms with Crippen molar-refractivity contribution in [1.29, 1.82) is 0 Å². The Kier molecular flexibility index (Phi) is 5.00. The van der Waals surface area contributed by atoms with Gasteiger partial charge in [0.25, 0.3) is 0 Å². The van der Waals surface area contributed by atoms with Crippen LogP contribution in [0.5, 0.6) is 0 Å². The number of hydrogen-bond acceptors (Lipinski definition) is 2. The molecule has 3 N–H and O–H groups in total. The summed E-state index contributed by atoms with van der Waals surface area (Å²) in [6.45, 7) is 0.657. The maximum atomic E-state index is 13.4. The second kappa shape index (κ2) is 6.95. The summed E-state index contributed by atoms with van der Waals surface area (Å²) in [5, 5.41) is 2.98. The van der Waals surface area contributed by atoms with E-state index in [2.05, 4.69) is 5.32 Å². The molecule has 0 radical (unpaired) electrons. The summed E-state index contributed by atoms with van der Waals surface area (Å²) in [7, 11) is 0. The number of carbonyl (C=O) groups excluding carboxylic acids is 1. The Labute approximate surface area is 121 Å². The lowest BCUT2D eigenvalue weighted by atomic mass is 10.1. The number of benzene rings is 2. The minimum Gasteiger partial charge on any atom is -0.366 e. The van der Waals surface area contributed by atoms with Crippen LogP contribution in [0.3, 0.4) is 0 Å². The zero-order chi connectivity index (χ0) is 15.2. The third kappa shape index (κ3) is 4.10. The lowest BCUT2D eigenvalue weighted by molar-refractivity contribution is 0.1000. The molecule has 0 bridgehead atoms. The topological polar surface area (TPSA) is 55.1 Å². The molecule has 0 heterocycles. The van der Waals surface area contributed by atoms with E-state index in [-0.39, 0.29) is 12.1 Å². The number of nitrogens with two attached hydrogens (primary N) is 1. The average molecular weight is 290 g/mol. The Morgan fingerprint density at radius 1 is 1.10 bits per heavy atom. The van der Waals surface area contributed by atoms with Gasteiger partial charge in [0.15, 0.2) is 0 Å². The van der Waals surface area contributed by atoms with Crippen molar-refractivity contribution in [3.63, 3.8) is 0 Å². The van der Waals surface area contributed by atoms with Crippen LogP contribution in [-0.4, -0.2) is 12.5 Å². The van der Waals surface area contributed by atoms with Crippen LogP contribution in [0.4, 0.5) is 8.78 Å². The van der Waals surface area contributed by atoms with Gasteiger partial charge >= 0.3 is 0 Å². The second-order valence-electron chi connectivity index (χ2n) is 4.69. The van der Waals surface area contributed by atoms with Crippen molar-refractivity contribution < 1.29 is 13.6 Å². The summed E-state index contributed by atoms with van der Waals surface area (Å²) in [6.07, 6.45) is 0.636. The van der Waals surface area contributed by atoms with E-state index in [0.717, 1.165) is 5.56 Å². The van der Waals surface area contributed by atoms with Gasteiger partial charge in [0.2, 0.25) is 5.91 Å². The van der Waals surface area contributed by atoms with E-state index < -0.39 is 17.5 Å². The third-order valence-electron chi connectivity index (χ3n) is 3.17. The highest BCUT2D eigenvalue weighted by Crippen LogP contribution is 2.11. The van der Waals surface area contributed by atoms with Gasteiger partial charge in [-0.3, -0.25) is 4.79 Å². The van der Waals surface area contributed by atoms with Crippen molar-refractivity contribution in [2.45, 2.75) is 13.0 Å².